The standard InChI is InChI=1S/C24H26N2O4/c27-23(13-16-4-5-17-2-1-3-19(17)12-16)26-10-8-18(9-11-26)24(28)25-20-6-7-21-22(14-20)30-15-29-21/h4-7,12,14,18H,1-3,8-11,13,15H2,(H,25,28). The number of nitrogens with one attached hydrogen (secondary N) is 1. The predicted octanol–water partition coefficient (Wildman–Crippen LogP) is 3.32. The number of hydrogen-bond donors (Lipinski definition) is 1. The van der Waals surface area contributed by atoms with Gasteiger partial charge < -0.3 is 19.7 Å². The van der Waals surface area contributed by atoms with Gasteiger partial charge in [0.25, 0.3) is 0 Å². The van der Waals surface area contributed by atoms with Crippen LogP contribution < -0.4 is 14.8 Å². The van der Waals surface area contributed by atoms with E-state index >= 15 is 0 Å². The van der Waals surface area contributed by atoms with Crippen molar-refractivity contribution in [2.45, 2.75) is 38.5 Å². The third kappa shape index (κ3) is 3.86. The second-order valence-electron chi connectivity index (χ2n) is 8.35. The number of ether oxygens (including phenoxy) is 2. The topological polar surface area (TPSA) is 67.9 Å². The minimum Gasteiger partial charge on any atom is -0.454 e. The summed E-state index contributed by atoms with van der Waals surface area (Å²) in [6.45, 7) is 1.47. The molecule has 2 aromatic carbocycles. The van der Waals surface area contributed by atoms with E-state index in [-0.39, 0.29) is 24.5 Å². The summed E-state index contributed by atoms with van der Waals surface area (Å²) in [5, 5.41) is 2.97. The molecule has 30 heavy (non-hydrogen) atoms. The molecule has 0 atom stereocenters. The van der Waals surface area contributed by atoms with E-state index in [4.69, 9.17) is 9.47 Å². The average Bonchev–Trinajstić information content (AvgIpc) is 3.42. The molecular weight excluding hydrogens is 380 g/mol. The SMILES string of the molecule is O=C(Nc1ccc2c(c1)OCO2)C1CCN(C(=O)Cc2ccc3c(c2)CCC3)CC1. The number of hydrogen-bond acceptors (Lipinski definition) is 4. The maximum atomic E-state index is 12.7. The Bertz CT molecular complexity index is 900. The molecule has 156 valence electrons. The molecule has 2 aromatic rings. The highest BCUT2D eigenvalue weighted by Gasteiger charge is 2.28. The molecule has 0 aromatic heterocycles. The number of aryl methyl sites for hydroxylation is 2. The van der Waals surface area contributed by atoms with E-state index in [1.807, 2.05) is 11.0 Å². The zero-order valence-corrected chi connectivity index (χ0v) is 17.0. The van der Waals surface area contributed by atoms with Crippen LogP contribution in [-0.2, 0) is 28.9 Å². The van der Waals surface area contributed by atoms with Crippen molar-refractivity contribution in [1.82, 2.24) is 4.90 Å². The van der Waals surface area contributed by atoms with Crippen LogP contribution >= 0.6 is 0 Å². The molecule has 0 unspecified atom stereocenters. The van der Waals surface area contributed by atoms with E-state index in [9.17, 15) is 9.59 Å². The molecule has 6 nitrogen and oxygen atoms in total. The normalized spacial score (nSPS) is 17.7. The third-order valence-corrected chi connectivity index (χ3v) is 6.38. The maximum absolute atomic E-state index is 12.7. The van der Waals surface area contributed by atoms with Crippen LogP contribution in [0.3, 0.4) is 0 Å². The first-order valence-electron chi connectivity index (χ1n) is 10.7. The van der Waals surface area contributed by atoms with Gasteiger partial charge in [-0.3, -0.25) is 9.59 Å². The zero-order chi connectivity index (χ0) is 20.5. The average molecular weight is 406 g/mol. The largest absolute Gasteiger partial charge is 0.454 e. The first kappa shape index (κ1) is 19.0. The van der Waals surface area contributed by atoms with Crippen LogP contribution in [0.1, 0.15) is 36.0 Å². The van der Waals surface area contributed by atoms with Crippen molar-refractivity contribution in [2.75, 3.05) is 25.2 Å². The summed E-state index contributed by atoms with van der Waals surface area (Å²) in [6.07, 6.45) is 5.32. The number of carbonyl (C=O) groups excluding carboxylic acids is 2. The number of nitrogens with zero attached hydrogens (tertiary/aromatic N) is 1. The van der Waals surface area contributed by atoms with Crippen LogP contribution in [0.25, 0.3) is 0 Å². The Labute approximate surface area is 176 Å². The lowest BCUT2D eigenvalue weighted by Crippen LogP contribution is -2.42. The van der Waals surface area contributed by atoms with Crippen molar-refractivity contribution in [1.29, 1.82) is 0 Å². The van der Waals surface area contributed by atoms with Gasteiger partial charge in [-0.1, -0.05) is 18.2 Å². The van der Waals surface area contributed by atoms with E-state index in [0.717, 1.165) is 18.4 Å². The Morgan fingerprint density at radius 3 is 2.63 bits per heavy atom. The lowest BCUT2D eigenvalue weighted by molar-refractivity contribution is -0.133. The monoisotopic (exact) mass is 406 g/mol. The Kier molecular flexibility index (Phi) is 5.07. The Balaban J connectivity index is 1.13. The summed E-state index contributed by atoms with van der Waals surface area (Å²) in [7, 11) is 0. The number of fused-ring (bicyclic) bond motifs is 2. The van der Waals surface area contributed by atoms with Gasteiger partial charge in [0.1, 0.15) is 0 Å². The van der Waals surface area contributed by atoms with Gasteiger partial charge in [0.2, 0.25) is 18.6 Å². The molecule has 2 aliphatic heterocycles. The van der Waals surface area contributed by atoms with Gasteiger partial charge in [0, 0.05) is 30.8 Å². The van der Waals surface area contributed by atoms with E-state index < -0.39 is 0 Å². The van der Waals surface area contributed by atoms with Crippen LogP contribution in [0.15, 0.2) is 36.4 Å². The second kappa shape index (κ2) is 8.01. The maximum Gasteiger partial charge on any atom is 0.231 e. The molecule has 2 amide bonds. The van der Waals surface area contributed by atoms with Crippen LogP contribution in [0.5, 0.6) is 11.5 Å². The van der Waals surface area contributed by atoms with Crippen LogP contribution in [0, 0.1) is 5.92 Å². The van der Waals surface area contributed by atoms with Gasteiger partial charge >= 0.3 is 0 Å². The smallest absolute Gasteiger partial charge is 0.231 e. The minimum absolute atomic E-state index is 0.000383. The fraction of sp³-hybridized carbons (Fsp3) is 0.417. The van der Waals surface area contributed by atoms with Gasteiger partial charge in [-0.05, 0) is 60.9 Å². The molecule has 1 N–H and O–H groups in total. The summed E-state index contributed by atoms with van der Waals surface area (Å²) in [5.74, 6) is 1.42. The van der Waals surface area contributed by atoms with Gasteiger partial charge in [-0.25, -0.2) is 0 Å². The Morgan fingerprint density at radius 2 is 1.77 bits per heavy atom. The number of amides is 2. The third-order valence-electron chi connectivity index (χ3n) is 6.38. The zero-order valence-electron chi connectivity index (χ0n) is 17.0. The summed E-state index contributed by atoms with van der Waals surface area (Å²) in [6, 6.07) is 11.9. The van der Waals surface area contributed by atoms with Gasteiger partial charge in [-0.15, -0.1) is 0 Å². The van der Waals surface area contributed by atoms with Crippen molar-refractivity contribution in [3.63, 3.8) is 0 Å². The molecule has 0 radical (unpaired) electrons. The second-order valence-corrected chi connectivity index (χ2v) is 8.35. The molecule has 6 heteroatoms. The molecule has 0 spiro atoms. The van der Waals surface area contributed by atoms with Gasteiger partial charge in [0.15, 0.2) is 11.5 Å². The summed E-state index contributed by atoms with van der Waals surface area (Å²) in [5.41, 5.74) is 4.64. The number of benzene rings is 2. The Hall–Kier alpha value is -3.02. The molecule has 1 saturated heterocycles. The van der Waals surface area contributed by atoms with Crippen molar-refractivity contribution in [2.24, 2.45) is 5.92 Å². The molecule has 3 aliphatic rings. The van der Waals surface area contributed by atoms with E-state index in [1.54, 1.807) is 12.1 Å². The number of piperidine rings is 1. The van der Waals surface area contributed by atoms with E-state index in [0.29, 0.717) is 49.5 Å². The highest BCUT2D eigenvalue weighted by atomic mass is 16.7. The predicted molar refractivity (Wildman–Crippen MR) is 113 cm³/mol. The summed E-state index contributed by atoms with van der Waals surface area (Å²) >= 11 is 0. The fourth-order valence-electron chi connectivity index (χ4n) is 4.63. The fourth-order valence-corrected chi connectivity index (χ4v) is 4.63. The van der Waals surface area contributed by atoms with Crippen LogP contribution in [0.2, 0.25) is 0 Å². The molecular formula is C24H26N2O4. The minimum atomic E-state index is -0.0838. The van der Waals surface area contributed by atoms with Crippen LogP contribution in [0.4, 0.5) is 5.69 Å². The number of likely N-dealkylation sites (tertiary alicyclic amines) is 1. The van der Waals surface area contributed by atoms with E-state index in [1.165, 1.54) is 17.5 Å². The van der Waals surface area contributed by atoms with Crippen molar-refractivity contribution in [3.05, 3.63) is 53.1 Å². The van der Waals surface area contributed by atoms with Gasteiger partial charge in [0.05, 0.1) is 6.42 Å². The molecule has 1 aliphatic carbocycles. The number of anilines is 1. The molecule has 0 bridgehead atoms. The van der Waals surface area contributed by atoms with Crippen molar-refractivity contribution in [3.8, 4) is 11.5 Å². The number of rotatable bonds is 4. The molecule has 2 heterocycles. The molecule has 1 fully saturated rings. The Morgan fingerprint density at radius 1 is 0.967 bits per heavy atom. The van der Waals surface area contributed by atoms with Crippen LogP contribution in [-0.4, -0.2) is 36.6 Å². The number of carbonyl (C=O) groups is 2. The quantitative estimate of drug-likeness (QED) is 0.846. The van der Waals surface area contributed by atoms with E-state index in [2.05, 4.69) is 23.5 Å². The molecule has 0 saturated carbocycles. The first-order chi connectivity index (χ1) is 14.7. The highest BCUT2D eigenvalue weighted by Crippen LogP contribution is 2.34. The summed E-state index contributed by atoms with van der Waals surface area (Å²) < 4.78 is 10.7. The lowest BCUT2D eigenvalue weighted by atomic mass is 9.95. The van der Waals surface area contributed by atoms with Crippen molar-refractivity contribution < 1.29 is 19.1 Å². The van der Waals surface area contributed by atoms with Crippen molar-refractivity contribution >= 4 is 17.5 Å². The first-order valence-corrected chi connectivity index (χ1v) is 10.7. The molecule has 5 rings (SSSR count). The highest BCUT2D eigenvalue weighted by molar-refractivity contribution is 5.93. The lowest BCUT2D eigenvalue weighted by Gasteiger charge is -2.31. The van der Waals surface area contributed by atoms with Gasteiger partial charge in [-0.2, -0.15) is 0 Å². The summed E-state index contributed by atoms with van der Waals surface area (Å²) in [4.78, 5) is 27.3.